The highest BCUT2D eigenvalue weighted by molar-refractivity contribution is 7.11. The van der Waals surface area contributed by atoms with Gasteiger partial charge in [0.25, 0.3) is 0 Å². The van der Waals surface area contributed by atoms with Gasteiger partial charge in [-0.2, -0.15) is 0 Å². The molecular weight excluding hydrogens is 378 g/mol. The number of aliphatic imine (C=N–C) groups is 1. The van der Waals surface area contributed by atoms with Crippen LogP contribution in [0.3, 0.4) is 0 Å². The standard InChI is InChI=1S/C19H29N5OS2/c1-4-20-19(22-13-18-14(2)23-15(3)27-18)21-12-16(17-6-5-11-26-17)24-7-9-25-10-8-24/h5-6,11,16H,4,7-10,12-13H2,1-3H3,(H2,20,21,22). The molecule has 1 aliphatic rings. The fraction of sp³-hybridized carbons (Fsp3) is 0.579. The van der Waals surface area contributed by atoms with Gasteiger partial charge >= 0.3 is 0 Å². The molecule has 0 spiro atoms. The molecule has 0 amide bonds. The van der Waals surface area contributed by atoms with Gasteiger partial charge in [-0.1, -0.05) is 6.07 Å². The van der Waals surface area contributed by atoms with Gasteiger partial charge in [-0.25, -0.2) is 9.98 Å². The second kappa shape index (κ2) is 10.2. The van der Waals surface area contributed by atoms with E-state index in [9.17, 15) is 0 Å². The van der Waals surface area contributed by atoms with Crippen LogP contribution in [0.2, 0.25) is 0 Å². The molecule has 0 saturated carbocycles. The fourth-order valence-corrected chi connectivity index (χ4v) is 4.91. The van der Waals surface area contributed by atoms with Crippen LogP contribution < -0.4 is 10.6 Å². The average Bonchev–Trinajstić information content (AvgIpc) is 3.30. The number of morpholine rings is 1. The molecule has 1 unspecified atom stereocenters. The summed E-state index contributed by atoms with van der Waals surface area (Å²) in [6, 6.07) is 4.69. The number of hydrogen-bond donors (Lipinski definition) is 2. The highest BCUT2D eigenvalue weighted by Crippen LogP contribution is 2.25. The predicted octanol–water partition coefficient (Wildman–Crippen LogP) is 2.95. The van der Waals surface area contributed by atoms with Crippen LogP contribution in [-0.2, 0) is 11.3 Å². The molecule has 148 valence electrons. The minimum absolute atomic E-state index is 0.338. The van der Waals surface area contributed by atoms with Crippen LogP contribution in [0.25, 0.3) is 0 Å². The Bertz CT molecular complexity index is 723. The van der Waals surface area contributed by atoms with Gasteiger partial charge in [-0.05, 0) is 32.2 Å². The van der Waals surface area contributed by atoms with Crippen molar-refractivity contribution in [3.63, 3.8) is 0 Å². The topological polar surface area (TPSA) is 61.8 Å². The maximum atomic E-state index is 5.53. The lowest BCUT2D eigenvalue weighted by atomic mass is 10.2. The first-order valence-corrected chi connectivity index (χ1v) is 11.2. The molecule has 2 N–H and O–H groups in total. The van der Waals surface area contributed by atoms with E-state index in [0.717, 1.165) is 56.1 Å². The average molecular weight is 408 g/mol. The van der Waals surface area contributed by atoms with Crippen molar-refractivity contribution in [1.82, 2.24) is 20.5 Å². The van der Waals surface area contributed by atoms with Crippen LogP contribution in [-0.4, -0.2) is 55.2 Å². The Morgan fingerprint density at radius 2 is 2.15 bits per heavy atom. The maximum Gasteiger partial charge on any atom is 0.191 e. The normalized spacial score (nSPS) is 17.1. The SMILES string of the molecule is CCNC(=NCc1sc(C)nc1C)NCC(c1cccs1)N1CCOCC1. The van der Waals surface area contributed by atoms with Crippen molar-refractivity contribution in [3.8, 4) is 0 Å². The van der Waals surface area contributed by atoms with Crippen molar-refractivity contribution in [3.05, 3.63) is 38.0 Å². The summed E-state index contributed by atoms with van der Waals surface area (Å²) >= 11 is 3.54. The van der Waals surface area contributed by atoms with Gasteiger partial charge in [-0.15, -0.1) is 22.7 Å². The molecule has 1 fully saturated rings. The van der Waals surface area contributed by atoms with Crippen molar-refractivity contribution in [2.24, 2.45) is 4.99 Å². The van der Waals surface area contributed by atoms with E-state index in [-0.39, 0.29) is 0 Å². The second-order valence-electron chi connectivity index (χ2n) is 6.50. The molecule has 0 radical (unpaired) electrons. The summed E-state index contributed by atoms with van der Waals surface area (Å²) in [4.78, 5) is 14.4. The van der Waals surface area contributed by atoms with Gasteiger partial charge < -0.3 is 15.4 Å². The van der Waals surface area contributed by atoms with E-state index in [1.165, 1.54) is 9.75 Å². The summed E-state index contributed by atoms with van der Waals surface area (Å²) in [5.41, 5.74) is 1.09. The van der Waals surface area contributed by atoms with Gasteiger partial charge in [0.2, 0.25) is 0 Å². The van der Waals surface area contributed by atoms with Crippen LogP contribution >= 0.6 is 22.7 Å². The quantitative estimate of drug-likeness (QED) is 0.546. The number of hydrogen-bond acceptors (Lipinski definition) is 6. The molecule has 1 saturated heterocycles. The summed E-state index contributed by atoms with van der Waals surface area (Å²) in [5, 5.41) is 10.2. The van der Waals surface area contributed by atoms with E-state index in [1.807, 2.05) is 18.3 Å². The maximum absolute atomic E-state index is 5.53. The van der Waals surface area contributed by atoms with E-state index < -0.39 is 0 Å². The molecule has 2 aromatic heterocycles. The Morgan fingerprint density at radius 1 is 1.33 bits per heavy atom. The Hall–Kier alpha value is -1.48. The number of nitrogens with zero attached hydrogens (tertiary/aromatic N) is 3. The summed E-state index contributed by atoms with van der Waals surface area (Å²) < 4.78 is 5.53. The van der Waals surface area contributed by atoms with Crippen molar-refractivity contribution >= 4 is 28.6 Å². The monoisotopic (exact) mass is 407 g/mol. The summed E-state index contributed by atoms with van der Waals surface area (Å²) in [7, 11) is 0. The molecule has 3 rings (SSSR count). The van der Waals surface area contributed by atoms with E-state index in [1.54, 1.807) is 11.3 Å². The van der Waals surface area contributed by atoms with Crippen molar-refractivity contribution in [2.45, 2.75) is 33.4 Å². The van der Waals surface area contributed by atoms with Crippen molar-refractivity contribution < 1.29 is 4.74 Å². The van der Waals surface area contributed by atoms with Crippen LogP contribution in [0.15, 0.2) is 22.5 Å². The molecule has 1 aliphatic heterocycles. The summed E-state index contributed by atoms with van der Waals surface area (Å²) in [5.74, 6) is 0.859. The second-order valence-corrected chi connectivity index (χ2v) is 8.76. The molecule has 0 aliphatic carbocycles. The number of aryl methyl sites for hydroxylation is 2. The highest BCUT2D eigenvalue weighted by Gasteiger charge is 2.23. The number of guanidine groups is 1. The van der Waals surface area contributed by atoms with Crippen LogP contribution in [0.1, 0.15) is 33.4 Å². The lowest BCUT2D eigenvalue weighted by Crippen LogP contribution is -2.46. The summed E-state index contributed by atoms with van der Waals surface area (Å²) in [6.45, 7) is 12.1. The lowest BCUT2D eigenvalue weighted by molar-refractivity contribution is 0.0177. The first-order chi connectivity index (χ1) is 13.2. The molecule has 27 heavy (non-hydrogen) atoms. The fourth-order valence-electron chi connectivity index (χ4n) is 3.19. The number of nitrogens with one attached hydrogen (secondary N) is 2. The number of rotatable bonds is 7. The Kier molecular flexibility index (Phi) is 7.63. The molecule has 3 heterocycles. The van der Waals surface area contributed by atoms with Gasteiger partial charge in [0, 0.05) is 35.9 Å². The van der Waals surface area contributed by atoms with Gasteiger partial charge in [0.15, 0.2) is 5.96 Å². The zero-order valence-corrected chi connectivity index (χ0v) is 18.0. The first kappa shape index (κ1) is 20.3. The molecule has 1 atom stereocenters. The molecule has 0 bridgehead atoms. The number of ether oxygens (including phenoxy) is 1. The third-order valence-corrected chi connectivity index (χ3v) is 6.58. The van der Waals surface area contributed by atoms with Gasteiger partial charge in [0.05, 0.1) is 36.5 Å². The minimum atomic E-state index is 0.338. The van der Waals surface area contributed by atoms with E-state index >= 15 is 0 Å². The molecule has 2 aromatic rings. The molecule has 0 aromatic carbocycles. The van der Waals surface area contributed by atoms with Gasteiger partial charge in [0.1, 0.15) is 0 Å². The van der Waals surface area contributed by atoms with Crippen LogP contribution in [0.4, 0.5) is 0 Å². The number of thiazole rings is 1. The zero-order chi connectivity index (χ0) is 19.1. The third kappa shape index (κ3) is 5.75. The molecular formula is C19H29N5OS2. The minimum Gasteiger partial charge on any atom is -0.379 e. The van der Waals surface area contributed by atoms with Crippen LogP contribution in [0, 0.1) is 13.8 Å². The number of aromatic nitrogens is 1. The molecule has 6 nitrogen and oxygen atoms in total. The highest BCUT2D eigenvalue weighted by atomic mass is 32.1. The number of thiophene rings is 1. The zero-order valence-electron chi connectivity index (χ0n) is 16.3. The summed E-state index contributed by atoms with van der Waals surface area (Å²) in [6.07, 6.45) is 0. The Labute approximate surface area is 169 Å². The molecule has 8 heteroatoms. The van der Waals surface area contributed by atoms with Crippen molar-refractivity contribution in [2.75, 3.05) is 39.4 Å². The van der Waals surface area contributed by atoms with E-state index in [2.05, 4.69) is 51.9 Å². The van der Waals surface area contributed by atoms with E-state index in [4.69, 9.17) is 9.73 Å². The Morgan fingerprint density at radius 3 is 2.78 bits per heavy atom. The predicted molar refractivity (Wildman–Crippen MR) is 114 cm³/mol. The van der Waals surface area contributed by atoms with Crippen LogP contribution in [0.5, 0.6) is 0 Å². The lowest BCUT2D eigenvalue weighted by Gasteiger charge is -2.34. The van der Waals surface area contributed by atoms with E-state index in [0.29, 0.717) is 12.6 Å². The third-order valence-electron chi connectivity index (χ3n) is 4.55. The first-order valence-electron chi connectivity index (χ1n) is 9.47. The Balaban J connectivity index is 1.66. The van der Waals surface area contributed by atoms with Gasteiger partial charge in [-0.3, -0.25) is 4.90 Å². The van der Waals surface area contributed by atoms with Crippen molar-refractivity contribution in [1.29, 1.82) is 0 Å². The largest absolute Gasteiger partial charge is 0.379 e. The smallest absolute Gasteiger partial charge is 0.191 e.